The average molecular weight is 419 g/mol. The first kappa shape index (κ1) is 22.7. The minimum atomic E-state index is -0.442. The van der Waals surface area contributed by atoms with Gasteiger partial charge in [-0.2, -0.15) is 0 Å². The number of halogens is 1. The van der Waals surface area contributed by atoms with Crippen LogP contribution in [0.4, 0.5) is 10.1 Å². The molecule has 1 unspecified atom stereocenters. The number of hydrogen-bond donors (Lipinski definition) is 2. The van der Waals surface area contributed by atoms with E-state index in [1.807, 2.05) is 19.9 Å². The van der Waals surface area contributed by atoms with Gasteiger partial charge in [-0.25, -0.2) is 4.39 Å². The third-order valence-electron chi connectivity index (χ3n) is 6.30. The number of anilines is 1. The Balaban J connectivity index is 0.00000124. The van der Waals surface area contributed by atoms with Gasteiger partial charge in [0, 0.05) is 39.1 Å². The van der Waals surface area contributed by atoms with Crippen molar-refractivity contribution in [2.45, 2.75) is 45.4 Å². The van der Waals surface area contributed by atoms with Gasteiger partial charge in [0.2, 0.25) is 11.8 Å². The number of piperidine rings is 2. The van der Waals surface area contributed by atoms with Crippen molar-refractivity contribution in [1.29, 1.82) is 0 Å². The van der Waals surface area contributed by atoms with Gasteiger partial charge in [0.1, 0.15) is 5.82 Å². The number of amides is 2. The van der Waals surface area contributed by atoms with Gasteiger partial charge in [0.05, 0.1) is 11.6 Å². The summed E-state index contributed by atoms with van der Waals surface area (Å²) >= 11 is 0. The summed E-state index contributed by atoms with van der Waals surface area (Å²) in [6.07, 6.45) is 3.24. The van der Waals surface area contributed by atoms with Crippen LogP contribution in [-0.4, -0.2) is 62.5 Å². The van der Waals surface area contributed by atoms with Crippen LogP contribution in [0.5, 0.6) is 0 Å². The quantitative estimate of drug-likeness (QED) is 0.736. The van der Waals surface area contributed by atoms with Crippen LogP contribution >= 0.6 is 0 Å². The third kappa shape index (κ3) is 5.58. The Bertz CT molecular complexity index is 728. The molecule has 166 valence electrons. The second kappa shape index (κ2) is 10.9. The fraction of sp³-hybridized carbons (Fsp3) is 0.652. The number of hydrogen-bond acceptors (Lipinski definition) is 5. The maximum atomic E-state index is 14.8. The Kier molecular flexibility index (Phi) is 8.22. The van der Waals surface area contributed by atoms with Gasteiger partial charge in [-0.3, -0.25) is 19.8 Å². The van der Waals surface area contributed by atoms with E-state index in [0.717, 1.165) is 51.7 Å². The molecule has 1 aromatic rings. The summed E-state index contributed by atoms with van der Waals surface area (Å²) in [4.78, 5) is 27.9. The van der Waals surface area contributed by atoms with Crippen LogP contribution < -0.4 is 15.5 Å². The molecule has 3 aliphatic heterocycles. The van der Waals surface area contributed by atoms with E-state index in [0.29, 0.717) is 24.1 Å². The molecule has 2 N–H and O–H groups in total. The van der Waals surface area contributed by atoms with Crippen molar-refractivity contribution in [2.24, 2.45) is 5.92 Å². The molecule has 4 rings (SSSR count). The van der Waals surface area contributed by atoms with E-state index in [1.165, 1.54) is 18.9 Å². The Morgan fingerprint density at radius 3 is 2.37 bits per heavy atom. The van der Waals surface area contributed by atoms with Crippen molar-refractivity contribution < 1.29 is 14.0 Å². The SMILES string of the molecule is CC.O=C1CCC(c2ccc(N3CCN(CC4CCNCC4)CC3)c(F)c2)C(=O)N1. The normalized spacial score (nSPS) is 23.6. The molecule has 0 bridgehead atoms. The monoisotopic (exact) mass is 418 g/mol. The summed E-state index contributed by atoms with van der Waals surface area (Å²) in [6, 6.07) is 5.09. The van der Waals surface area contributed by atoms with E-state index in [9.17, 15) is 14.0 Å². The molecule has 3 aliphatic rings. The largest absolute Gasteiger partial charge is 0.367 e. The first-order valence-electron chi connectivity index (χ1n) is 11.4. The molecule has 0 aromatic heterocycles. The van der Waals surface area contributed by atoms with Crippen LogP contribution in [0.2, 0.25) is 0 Å². The summed E-state index contributed by atoms with van der Waals surface area (Å²) in [5, 5.41) is 5.75. The smallest absolute Gasteiger partial charge is 0.234 e. The number of nitrogens with zero attached hydrogens (tertiary/aromatic N) is 2. The van der Waals surface area contributed by atoms with Crippen molar-refractivity contribution in [3.63, 3.8) is 0 Å². The number of imide groups is 1. The van der Waals surface area contributed by atoms with Crippen molar-refractivity contribution in [2.75, 3.05) is 50.7 Å². The topological polar surface area (TPSA) is 64.7 Å². The molecular weight excluding hydrogens is 383 g/mol. The van der Waals surface area contributed by atoms with Gasteiger partial charge in [-0.15, -0.1) is 0 Å². The van der Waals surface area contributed by atoms with Crippen LogP contribution in [0.25, 0.3) is 0 Å². The Hall–Kier alpha value is -1.99. The van der Waals surface area contributed by atoms with E-state index < -0.39 is 5.92 Å². The molecule has 0 radical (unpaired) electrons. The number of carbonyl (C=O) groups excluding carboxylic acids is 2. The van der Waals surface area contributed by atoms with E-state index in [2.05, 4.69) is 20.4 Å². The lowest BCUT2D eigenvalue weighted by atomic mass is 9.90. The minimum Gasteiger partial charge on any atom is -0.367 e. The predicted molar refractivity (Wildman–Crippen MR) is 117 cm³/mol. The zero-order valence-corrected chi connectivity index (χ0v) is 18.3. The molecule has 0 spiro atoms. The van der Waals surface area contributed by atoms with Crippen LogP contribution in [0.1, 0.15) is 51.0 Å². The zero-order chi connectivity index (χ0) is 21.5. The Morgan fingerprint density at radius 2 is 1.73 bits per heavy atom. The molecule has 30 heavy (non-hydrogen) atoms. The highest BCUT2D eigenvalue weighted by atomic mass is 19.1. The fourth-order valence-electron chi connectivity index (χ4n) is 4.61. The van der Waals surface area contributed by atoms with Crippen LogP contribution in [0.3, 0.4) is 0 Å². The lowest BCUT2D eigenvalue weighted by Crippen LogP contribution is -2.48. The average Bonchev–Trinajstić information content (AvgIpc) is 2.77. The zero-order valence-electron chi connectivity index (χ0n) is 18.3. The summed E-state index contributed by atoms with van der Waals surface area (Å²) in [5.74, 6) is -0.523. The van der Waals surface area contributed by atoms with E-state index in [-0.39, 0.29) is 17.6 Å². The minimum absolute atomic E-state index is 0.249. The van der Waals surface area contributed by atoms with E-state index >= 15 is 0 Å². The van der Waals surface area contributed by atoms with E-state index in [1.54, 1.807) is 6.07 Å². The standard InChI is InChI=1S/C21H29FN4O2.C2H6/c22-18-13-16(17-2-4-20(27)24-21(17)28)1-3-19(18)26-11-9-25(10-12-26)14-15-5-7-23-8-6-15;1-2/h1,3,13,15,17,23H,2,4-12,14H2,(H,24,27,28);1-2H3. The number of nitrogens with one attached hydrogen (secondary N) is 2. The molecular formula is C23H35FN4O2. The molecule has 0 aliphatic carbocycles. The predicted octanol–water partition coefficient (Wildman–Crippen LogP) is 2.49. The van der Waals surface area contributed by atoms with Crippen molar-refractivity contribution in [3.05, 3.63) is 29.6 Å². The van der Waals surface area contributed by atoms with E-state index in [4.69, 9.17) is 0 Å². The third-order valence-corrected chi connectivity index (χ3v) is 6.30. The molecule has 7 heteroatoms. The number of benzene rings is 1. The molecule has 3 heterocycles. The highest BCUT2D eigenvalue weighted by Crippen LogP contribution is 2.29. The molecule has 3 fully saturated rings. The van der Waals surface area contributed by atoms with Gasteiger partial charge >= 0.3 is 0 Å². The van der Waals surface area contributed by atoms with Gasteiger partial charge in [0.25, 0.3) is 0 Å². The lowest BCUT2D eigenvalue weighted by molar-refractivity contribution is -0.134. The summed E-state index contributed by atoms with van der Waals surface area (Å²) in [7, 11) is 0. The number of rotatable bonds is 4. The Labute approximate surface area is 179 Å². The fourth-order valence-corrected chi connectivity index (χ4v) is 4.61. The second-order valence-electron chi connectivity index (χ2n) is 8.20. The second-order valence-corrected chi connectivity index (χ2v) is 8.20. The van der Waals surface area contributed by atoms with Gasteiger partial charge in [0.15, 0.2) is 0 Å². The van der Waals surface area contributed by atoms with Gasteiger partial charge < -0.3 is 10.2 Å². The highest BCUT2D eigenvalue weighted by Gasteiger charge is 2.29. The summed E-state index contributed by atoms with van der Waals surface area (Å²) < 4.78 is 14.8. The molecule has 1 aromatic carbocycles. The summed E-state index contributed by atoms with van der Waals surface area (Å²) in [6.45, 7) is 10.9. The van der Waals surface area contributed by atoms with Crippen molar-refractivity contribution in [1.82, 2.24) is 15.5 Å². The highest BCUT2D eigenvalue weighted by molar-refractivity contribution is 6.00. The first-order valence-corrected chi connectivity index (χ1v) is 11.4. The van der Waals surface area contributed by atoms with Gasteiger partial charge in [-0.1, -0.05) is 19.9 Å². The lowest BCUT2D eigenvalue weighted by Gasteiger charge is -2.38. The number of piperazine rings is 1. The van der Waals surface area contributed by atoms with Crippen molar-refractivity contribution >= 4 is 17.5 Å². The molecule has 6 nitrogen and oxygen atoms in total. The molecule has 0 saturated carbocycles. The van der Waals surface area contributed by atoms with Crippen molar-refractivity contribution in [3.8, 4) is 0 Å². The maximum Gasteiger partial charge on any atom is 0.234 e. The Morgan fingerprint density at radius 1 is 1.03 bits per heavy atom. The molecule has 2 amide bonds. The maximum absolute atomic E-state index is 14.8. The molecule has 3 saturated heterocycles. The summed E-state index contributed by atoms with van der Waals surface area (Å²) in [5.41, 5.74) is 1.26. The first-order chi connectivity index (χ1) is 14.6. The van der Waals surface area contributed by atoms with Crippen LogP contribution in [0, 0.1) is 11.7 Å². The van der Waals surface area contributed by atoms with Crippen LogP contribution in [-0.2, 0) is 9.59 Å². The molecule has 1 atom stereocenters. The number of carbonyl (C=O) groups is 2. The van der Waals surface area contributed by atoms with Gasteiger partial charge in [-0.05, 0) is 56.0 Å². The van der Waals surface area contributed by atoms with Crippen LogP contribution in [0.15, 0.2) is 18.2 Å².